The summed E-state index contributed by atoms with van der Waals surface area (Å²) in [5, 5.41) is 0. The molecule has 0 amide bonds. The van der Waals surface area contributed by atoms with Crippen molar-refractivity contribution in [1.82, 2.24) is 19.4 Å². The van der Waals surface area contributed by atoms with Crippen LogP contribution in [0.15, 0.2) is 12.3 Å². The smallest absolute Gasteiger partial charge is 0.202 e. The van der Waals surface area contributed by atoms with Gasteiger partial charge in [0.25, 0.3) is 0 Å². The number of aromatic nitrogens is 3. The first kappa shape index (κ1) is 10.5. The van der Waals surface area contributed by atoms with Gasteiger partial charge in [-0.05, 0) is 38.6 Å². The SMILES string of the molecule is Cc1cnc2c(c1)nc(N)n2C1CCN(C)C1. The number of likely N-dealkylation sites (N-methyl/N-ethyl adjacent to an activating group) is 1. The zero-order valence-corrected chi connectivity index (χ0v) is 10.2. The summed E-state index contributed by atoms with van der Waals surface area (Å²) in [5.74, 6) is 0.582. The van der Waals surface area contributed by atoms with Crippen molar-refractivity contribution in [2.24, 2.45) is 0 Å². The minimum atomic E-state index is 0.403. The molecule has 0 spiro atoms. The first-order valence-electron chi connectivity index (χ1n) is 5.94. The van der Waals surface area contributed by atoms with Crippen molar-refractivity contribution in [2.75, 3.05) is 25.9 Å². The number of hydrogen-bond donors (Lipinski definition) is 1. The summed E-state index contributed by atoms with van der Waals surface area (Å²) in [6, 6.07) is 2.44. The molecule has 2 aromatic rings. The van der Waals surface area contributed by atoms with Gasteiger partial charge in [-0.1, -0.05) is 0 Å². The number of pyridine rings is 1. The first-order chi connectivity index (χ1) is 8.15. The Morgan fingerprint density at radius 1 is 1.47 bits per heavy atom. The van der Waals surface area contributed by atoms with Crippen LogP contribution in [0.2, 0.25) is 0 Å². The van der Waals surface area contributed by atoms with Gasteiger partial charge in [-0.15, -0.1) is 0 Å². The molecule has 1 saturated heterocycles. The molecule has 0 saturated carbocycles. The highest BCUT2D eigenvalue weighted by atomic mass is 15.3. The van der Waals surface area contributed by atoms with E-state index in [0.29, 0.717) is 12.0 Å². The van der Waals surface area contributed by atoms with Crippen molar-refractivity contribution in [3.63, 3.8) is 0 Å². The molecule has 2 N–H and O–H groups in total. The van der Waals surface area contributed by atoms with Crippen molar-refractivity contribution >= 4 is 17.1 Å². The van der Waals surface area contributed by atoms with Crippen LogP contribution in [0.3, 0.4) is 0 Å². The summed E-state index contributed by atoms with van der Waals surface area (Å²) in [7, 11) is 2.13. The van der Waals surface area contributed by atoms with Crippen molar-refractivity contribution < 1.29 is 0 Å². The Labute approximate surface area is 100 Å². The predicted octanol–water partition coefficient (Wildman–Crippen LogP) is 1.20. The number of likely N-dealkylation sites (tertiary alicyclic amines) is 1. The van der Waals surface area contributed by atoms with Gasteiger partial charge in [0.15, 0.2) is 5.65 Å². The van der Waals surface area contributed by atoms with E-state index in [1.165, 1.54) is 0 Å². The average molecular weight is 231 g/mol. The molecule has 0 bridgehead atoms. The number of nitrogens with two attached hydrogens (primary N) is 1. The van der Waals surface area contributed by atoms with Crippen LogP contribution in [0.1, 0.15) is 18.0 Å². The van der Waals surface area contributed by atoms with Gasteiger partial charge in [-0.25, -0.2) is 9.97 Å². The van der Waals surface area contributed by atoms with Gasteiger partial charge >= 0.3 is 0 Å². The average Bonchev–Trinajstić information content (AvgIpc) is 2.80. The fourth-order valence-corrected chi connectivity index (χ4v) is 2.58. The summed E-state index contributed by atoms with van der Waals surface area (Å²) in [4.78, 5) is 11.2. The minimum absolute atomic E-state index is 0.403. The Kier molecular flexibility index (Phi) is 2.29. The van der Waals surface area contributed by atoms with Crippen molar-refractivity contribution in [2.45, 2.75) is 19.4 Å². The van der Waals surface area contributed by atoms with Crippen molar-refractivity contribution in [3.8, 4) is 0 Å². The fourth-order valence-electron chi connectivity index (χ4n) is 2.58. The van der Waals surface area contributed by atoms with E-state index in [1.807, 2.05) is 19.2 Å². The van der Waals surface area contributed by atoms with Gasteiger partial charge in [-0.2, -0.15) is 0 Å². The zero-order valence-electron chi connectivity index (χ0n) is 10.2. The summed E-state index contributed by atoms with van der Waals surface area (Å²) in [5.41, 5.74) is 8.95. The molecule has 0 aromatic carbocycles. The number of nitrogen functional groups attached to an aromatic ring is 1. The Hall–Kier alpha value is -1.62. The molecule has 1 fully saturated rings. The van der Waals surface area contributed by atoms with Crippen LogP contribution >= 0.6 is 0 Å². The summed E-state index contributed by atoms with van der Waals surface area (Å²) >= 11 is 0. The second-order valence-corrected chi connectivity index (χ2v) is 4.90. The van der Waals surface area contributed by atoms with Gasteiger partial charge < -0.3 is 10.6 Å². The molecule has 5 nitrogen and oxygen atoms in total. The molecule has 0 aliphatic carbocycles. The number of aryl methyl sites for hydroxylation is 1. The largest absolute Gasteiger partial charge is 0.369 e. The molecule has 1 aliphatic heterocycles. The monoisotopic (exact) mass is 231 g/mol. The molecule has 1 atom stereocenters. The number of hydrogen-bond acceptors (Lipinski definition) is 4. The maximum atomic E-state index is 6.02. The van der Waals surface area contributed by atoms with E-state index >= 15 is 0 Å². The quantitative estimate of drug-likeness (QED) is 0.801. The van der Waals surface area contributed by atoms with Crippen LogP contribution in [0.5, 0.6) is 0 Å². The third kappa shape index (κ3) is 1.67. The lowest BCUT2D eigenvalue weighted by Crippen LogP contribution is -2.17. The highest BCUT2D eigenvalue weighted by molar-refractivity contribution is 5.74. The van der Waals surface area contributed by atoms with Crippen LogP contribution in [0, 0.1) is 6.92 Å². The van der Waals surface area contributed by atoms with Crippen LogP contribution in [0.4, 0.5) is 5.95 Å². The van der Waals surface area contributed by atoms with E-state index in [9.17, 15) is 0 Å². The number of nitrogens with zero attached hydrogens (tertiary/aromatic N) is 4. The summed E-state index contributed by atoms with van der Waals surface area (Å²) in [6.07, 6.45) is 2.99. The normalized spacial score (nSPS) is 21.4. The lowest BCUT2D eigenvalue weighted by molar-refractivity contribution is 0.395. The van der Waals surface area contributed by atoms with E-state index in [4.69, 9.17) is 5.73 Å². The molecule has 1 aliphatic rings. The molecule has 3 rings (SSSR count). The maximum Gasteiger partial charge on any atom is 0.202 e. The predicted molar refractivity (Wildman–Crippen MR) is 67.8 cm³/mol. The molecule has 1 unspecified atom stereocenters. The van der Waals surface area contributed by atoms with Crippen LogP contribution in [-0.2, 0) is 0 Å². The highest BCUT2D eigenvalue weighted by Gasteiger charge is 2.25. The molecule has 0 radical (unpaired) electrons. The lowest BCUT2D eigenvalue weighted by Gasteiger charge is -2.14. The van der Waals surface area contributed by atoms with Crippen LogP contribution in [-0.4, -0.2) is 39.6 Å². The third-order valence-corrected chi connectivity index (χ3v) is 3.43. The van der Waals surface area contributed by atoms with Crippen molar-refractivity contribution in [3.05, 3.63) is 17.8 Å². The number of fused-ring (bicyclic) bond motifs is 1. The standard InChI is InChI=1S/C12H17N5/c1-8-5-10-11(14-6-8)17(12(13)15-10)9-3-4-16(2)7-9/h5-6,9H,3-4,7H2,1-2H3,(H2,13,15). The Balaban J connectivity index is 2.12. The molecule has 17 heavy (non-hydrogen) atoms. The highest BCUT2D eigenvalue weighted by Crippen LogP contribution is 2.27. The van der Waals surface area contributed by atoms with E-state index in [1.54, 1.807) is 0 Å². The zero-order chi connectivity index (χ0) is 12.0. The van der Waals surface area contributed by atoms with E-state index in [0.717, 1.165) is 36.2 Å². The van der Waals surface area contributed by atoms with Gasteiger partial charge in [0.05, 0.1) is 6.04 Å². The topological polar surface area (TPSA) is 60.0 Å². The lowest BCUT2D eigenvalue weighted by atomic mass is 10.2. The summed E-state index contributed by atoms with van der Waals surface area (Å²) < 4.78 is 2.08. The second kappa shape index (κ2) is 3.70. The molecule has 5 heteroatoms. The van der Waals surface area contributed by atoms with Crippen LogP contribution in [0.25, 0.3) is 11.2 Å². The first-order valence-corrected chi connectivity index (χ1v) is 5.94. The van der Waals surface area contributed by atoms with Crippen LogP contribution < -0.4 is 5.73 Å². The maximum absolute atomic E-state index is 6.02. The molecular formula is C12H17N5. The summed E-state index contributed by atoms with van der Waals surface area (Å²) in [6.45, 7) is 4.14. The Morgan fingerprint density at radius 2 is 2.29 bits per heavy atom. The third-order valence-electron chi connectivity index (χ3n) is 3.43. The number of imidazole rings is 1. The fraction of sp³-hybridized carbons (Fsp3) is 0.500. The number of anilines is 1. The number of rotatable bonds is 1. The van der Waals surface area contributed by atoms with Gasteiger partial charge in [-0.3, -0.25) is 4.57 Å². The molecular weight excluding hydrogens is 214 g/mol. The molecule has 2 aromatic heterocycles. The van der Waals surface area contributed by atoms with Crippen molar-refractivity contribution in [1.29, 1.82) is 0 Å². The Morgan fingerprint density at radius 3 is 3.00 bits per heavy atom. The minimum Gasteiger partial charge on any atom is -0.369 e. The second-order valence-electron chi connectivity index (χ2n) is 4.90. The van der Waals surface area contributed by atoms with E-state index in [2.05, 4.69) is 26.5 Å². The van der Waals surface area contributed by atoms with E-state index in [-0.39, 0.29) is 0 Å². The van der Waals surface area contributed by atoms with Gasteiger partial charge in [0, 0.05) is 12.7 Å². The molecule has 3 heterocycles. The Bertz CT molecular complexity index is 559. The molecule has 90 valence electrons. The van der Waals surface area contributed by atoms with E-state index < -0.39 is 0 Å². The van der Waals surface area contributed by atoms with Gasteiger partial charge in [0.2, 0.25) is 5.95 Å². The van der Waals surface area contributed by atoms with Gasteiger partial charge in [0.1, 0.15) is 5.52 Å².